The summed E-state index contributed by atoms with van der Waals surface area (Å²) < 4.78 is 19.1. The molecule has 106 valence electrons. The van der Waals surface area contributed by atoms with E-state index in [1.54, 1.807) is 0 Å². The molecule has 4 nitrogen and oxygen atoms in total. The SMILES string of the molecule is O=C1C(=O)N(CC2CCCCO2)c2cc(F)c(Cl)cc21. The van der Waals surface area contributed by atoms with Gasteiger partial charge in [-0.2, -0.15) is 0 Å². The lowest BCUT2D eigenvalue weighted by atomic mass is 10.1. The molecule has 2 aliphatic rings. The predicted molar refractivity (Wildman–Crippen MR) is 71.7 cm³/mol. The molecule has 1 unspecified atom stereocenters. The van der Waals surface area contributed by atoms with Crippen molar-refractivity contribution in [2.75, 3.05) is 18.1 Å². The van der Waals surface area contributed by atoms with Gasteiger partial charge in [0.05, 0.1) is 28.9 Å². The minimum atomic E-state index is -0.643. The monoisotopic (exact) mass is 297 g/mol. The van der Waals surface area contributed by atoms with Crippen molar-refractivity contribution < 1.29 is 18.7 Å². The van der Waals surface area contributed by atoms with E-state index in [1.165, 1.54) is 11.0 Å². The van der Waals surface area contributed by atoms with Gasteiger partial charge in [-0.05, 0) is 31.4 Å². The fraction of sp³-hybridized carbons (Fsp3) is 0.429. The third-order valence-corrected chi connectivity index (χ3v) is 3.96. The van der Waals surface area contributed by atoms with Gasteiger partial charge in [-0.1, -0.05) is 11.6 Å². The summed E-state index contributed by atoms with van der Waals surface area (Å²) in [4.78, 5) is 25.2. The van der Waals surface area contributed by atoms with Crippen LogP contribution in [0, 0.1) is 5.82 Å². The molecule has 1 saturated heterocycles. The summed E-state index contributed by atoms with van der Waals surface area (Å²) in [5.74, 6) is -1.92. The molecule has 0 aromatic heterocycles. The van der Waals surface area contributed by atoms with Crippen molar-refractivity contribution in [1.82, 2.24) is 0 Å². The molecule has 1 aromatic rings. The first-order valence-corrected chi connectivity index (χ1v) is 6.92. The van der Waals surface area contributed by atoms with Crippen molar-refractivity contribution in [2.45, 2.75) is 25.4 Å². The Morgan fingerprint density at radius 1 is 1.35 bits per heavy atom. The average molecular weight is 298 g/mol. The van der Waals surface area contributed by atoms with Crippen molar-refractivity contribution >= 4 is 29.0 Å². The molecule has 2 aliphatic heterocycles. The molecular formula is C14H13ClFNO3. The maximum absolute atomic E-state index is 13.6. The van der Waals surface area contributed by atoms with E-state index in [-0.39, 0.29) is 28.9 Å². The number of amides is 1. The van der Waals surface area contributed by atoms with Gasteiger partial charge in [0, 0.05) is 6.61 Å². The van der Waals surface area contributed by atoms with Crippen LogP contribution in [-0.2, 0) is 9.53 Å². The number of hydrogen-bond donors (Lipinski definition) is 0. The quantitative estimate of drug-likeness (QED) is 0.788. The number of halogens is 2. The van der Waals surface area contributed by atoms with Gasteiger partial charge in [0.15, 0.2) is 0 Å². The third-order valence-electron chi connectivity index (χ3n) is 3.67. The van der Waals surface area contributed by atoms with Crippen LogP contribution in [0.1, 0.15) is 29.6 Å². The van der Waals surface area contributed by atoms with Crippen LogP contribution in [0.25, 0.3) is 0 Å². The third kappa shape index (κ3) is 2.21. The molecule has 0 aliphatic carbocycles. The number of anilines is 1. The second-order valence-electron chi connectivity index (χ2n) is 5.02. The Kier molecular flexibility index (Phi) is 3.48. The molecule has 20 heavy (non-hydrogen) atoms. The van der Waals surface area contributed by atoms with E-state index in [0.29, 0.717) is 6.61 Å². The van der Waals surface area contributed by atoms with Gasteiger partial charge in [-0.15, -0.1) is 0 Å². The largest absolute Gasteiger partial charge is 0.376 e. The van der Waals surface area contributed by atoms with E-state index >= 15 is 0 Å². The van der Waals surface area contributed by atoms with Gasteiger partial charge in [-0.25, -0.2) is 4.39 Å². The molecule has 0 spiro atoms. The average Bonchev–Trinajstić information content (AvgIpc) is 2.66. The standard InChI is InChI=1S/C14H13ClFNO3/c15-10-5-9-12(6-11(10)16)17(14(19)13(9)18)7-8-3-1-2-4-20-8/h5-6,8H,1-4,7H2. The van der Waals surface area contributed by atoms with Gasteiger partial charge >= 0.3 is 0 Å². The second kappa shape index (κ2) is 5.14. The highest BCUT2D eigenvalue weighted by atomic mass is 35.5. The number of fused-ring (bicyclic) bond motifs is 1. The summed E-state index contributed by atoms with van der Waals surface area (Å²) in [6, 6.07) is 2.36. The number of nitrogens with zero attached hydrogens (tertiary/aromatic N) is 1. The molecule has 6 heteroatoms. The van der Waals surface area contributed by atoms with Gasteiger partial charge in [0.25, 0.3) is 11.7 Å². The molecule has 0 saturated carbocycles. The molecular weight excluding hydrogens is 285 g/mol. The van der Waals surface area contributed by atoms with E-state index in [0.717, 1.165) is 25.3 Å². The summed E-state index contributed by atoms with van der Waals surface area (Å²) in [5.41, 5.74) is 0.452. The summed E-state index contributed by atoms with van der Waals surface area (Å²) in [7, 11) is 0. The number of benzene rings is 1. The number of Topliss-reactive ketones (excluding diaryl/α,β-unsaturated/α-hetero) is 1. The van der Waals surface area contributed by atoms with Crippen LogP contribution in [-0.4, -0.2) is 30.9 Å². The molecule has 1 atom stereocenters. The molecule has 1 amide bonds. The van der Waals surface area contributed by atoms with Crippen molar-refractivity contribution in [1.29, 1.82) is 0 Å². The van der Waals surface area contributed by atoms with Gasteiger partial charge < -0.3 is 9.64 Å². The van der Waals surface area contributed by atoms with Gasteiger partial charge in [0.1, 0.15) is 5.82 Å². The van der Waals surface area contributed by atoms with E-state index < -0.39 is 17.5 Å². The maximum Gasteiger partial charge on any atom is 0.299 e. The number of carbonyl (C=O) groups excluding carboxylic acids is 2. The minimum Gasteiger partial charge on any atom is -0.376 e. The van der Waals surface area contributed by atoms with E-state index in [1.807, 2.05) is 0 Å². The van der Waals surface area contributed by atoms with E-state index in [4.69, 9.17) is 16.3 Å². The maximum atomic E-state index is 13.6. The molecule has 3 rings (SSSR count). The Labute approximate surface area is 120 Å². The van der Waals surface area contributed by atoms with Crippen LogP contribution < -0.4 is 4.90 Å². The highest BCUT2D eigenvalue weighted by molar-refractivity contribution is 6.52. The number of carbonyl (C=O) groups is 2. The van der Waals surface area contributed by atoms with Crippen molar-refractivity contribution in [3.8, 4) is 0 Å². The number of hydrogen-bond acceptors (Lipinski definition) is 3. The first kappa shape index (κ1) is 13.5. The molecule has 0 bridgehead atoms. The number of rotatable bonds is 2. The number of ketones is 1. The lowest BCUT2D eigenvalue weighted by Crippen LogP contribution is -2.39. The lowest BCUT2D eigenvalue weighted by molar-refractivity contribution is -0.114. The second-order valence-corrected chi connectivity index (χ2v) is 5.42. The Hall–Kier alpha value is -1.46. The molecule has 1 aromatic carbocycles. The topological polar surface area (TPSA) is 46.6 Å². The molecule has 0 N–H and O–H groups in total. The number of ether oxygens (including phenoxy) is 1. The van der Waals surface area contributed by atoms with Crippen molar-refractivity contribution in [2.24, 2.45) is 0 Å². The summed E-state index contributed by atoms with van der Waals surface area (Å²) in [6.07, 6.45) is 2.76. The molecule has 1 fully saturated rings. The van der Waals surface area contributed by atoms with Crippen LogP contribution in [0.5, 0.6) is 0 Å². The Morgan fingerprint density at radius 3 is 2.85 bits per heavy atom. The van der Waals surface area contributed by atoms with Crippen molar-refractivity contribution in [3.63, 3.8) is 0 Å². The Balaban J connectivity index is 1.91. The van der Waals surface area contributed by atoms with Gasteiger partial charge in [0.2, 0.25) is 0 Å². The fourth-order valence-corrected chi connectivity index (χ4v) is 2.79. The van der Waals surface area contributed by atoms with Crippen LogP contribution in [0.2, 0.25) is 5.02 Å². The highest BCUT2D eigenvalue weighted by Gasteiger charge is 2.38. The normalized spacial score (nSPS) is 22.3. The first-order valence-electron chi connectivity index (χ1n) is 6.55. The van der Waals surface area contributed by atoms with Crippen LogP contribution in [0.3, 0.4) is 0 Å². The summed E-state index contributed by atoms with van der Waals surface area (Å²) in [6.45, 7) is 0.932. The zero-order chi connectivity index (χ0) is 14.3. The predicted octanol–water partition coefficient (Wildman–Crippen LogP) is 2.58. The van der Waals surface area contributed by atoms with Gasteiger partial charge in [-0.3, -0.25) is 9.59 Å². The zero-order valence-electron chi connectivity index (χ0n) is 10.7. The van der Waals surface area contributed by atoms with Crippen LogP contribution >= 0.6 is 11.6 Å². The Morgan fingerprint density at radius 2 is 2.15 bits per heavy atom. The van der Waals surface area contributed by atoms with E-state index in [2.05, 4.69) is 0 Å². The smallest absolute Gasteiger partial charge is 0.299 e. The summed E-state index contributed by atoms with van der Waals surface area (Å²) in [5, 5.41) is -0.152. The van der Waals surface area contributed by atoms with Crippen LogP contribution in [0.15, 0.2) is 12.1 Å². The molecule has 2 heterocycles. The lowest BCUT2D eigenvalue weighted by Gasteiger charge is -2.27. The van der Waals surface area contributed by atoms with E-state index in [9.17, 15) is 14.0 Å². The summed E-state index contributed by atoms with van der Waals surface area (Å²) >= 11 is 5.66. The highest BCUT2D eigenvalue weighted by Crippen LogP contribution is 2.33. The van der Waals surface area contributed by atoms with Crippen molar-refractivity contribution in [3.05, 3.63) is 28.5 Å². The zero-order valence-corrected chi connectivity index (χ0v) is 11.5. The Bertz CT molecular complexity index is 584. The minimum absolute atomic E-state index is 0.106. The fourth-order valence-electron chi connectivity index (χ4n) is 2.62. The molecule has 0 radical (unpaired) electrons. The van der Waals surface area contributed by atoms with Crippen LogP contribution in [0.4, 0.5) is 10.1 Å². The first-order chi connectivity index (χ1) is 9.58.